The Morgan fingerprint density at radius 2 is 1.87 bits per heavy atom. The van der Waals surface area contributed by atoms with E-state index in [0.29, 0.717) is 12.0 Å². The predicted octanol–water partition coefficient (Wildman–Crippen LogP) is 3.29. The van der Waals surface area contributed by atoms with Gasteiger partial charge in [-0.2, -0.15) is 0 Å². The Kier molecular flexibility index (Phi) is 7.36. The number of hydrogen-bond donors (Lipinski definition) is 4. The number of halogens is 3. The topological polar surface area (TPSA) is 99.4 Å². The van der Waals surface area contributed by atoms with Crippen molar-refractivity contribution in [3.63, 3.8) is 0 Å². The van der Waals surface area contributed by atoms with Crippen molar-refractivity contribution in [1.82, 2.24) is 0 Å². The molecular weight excluding hydrogens is 555 g/mol. The Balaban J connectivity index is 2.00. The zero-order valence-electron chi connectivity index (χ0n) is 19.3. The minimum atomic E-state index is -2.81. The molecule has 6 nitrogen and oxygen atoms in total. The van der Waals surface area contributed by atoms with Gasteiger partial charge in [0.25, 0.3) is 0 Å². The maximum Gasteiger partial charge on any atom is 0.126 e. The molecule has 1 unspecified atom stereocenters. The predicted molar refractivity (Wildman–Crippen MR) is 125 cm³/mol. The molecule has 31 heavy (non-hydrogen) atoms. The molecule has 0 aromatic heterocycles. The Bertz CT molecular complexity index is 976. The Hall–Kier alpha value is -0.710. The van der Waals surface area contributed by atoms with E-state index < -0.39 is 44.2 Å². The van der Waals surface area contributed by atoms with Crippen molar-refractivity contribution >= 4 is 43.5 Å². The highest BCUT2D eigenvalue weighted by Crippen LogP contribution is 2.40. The largest absolute Gasteiger partial charge is 0.496 e. The molecule has 0 aliphatic carbocycles. The van der Waals surface area contributed by atoms with Crippen LogP contribution in [0.5, 0.6) is 5.75 Å². The van der Waals surface area contributed by atoms with Gasteiger partial charge in [0.1, 0.15) is 36.3 Å². The van der Waals surface area contributed by atoms with Crippen LogP contribution in [0, 0.1) is 0 Å². The van der Waals surface area contributed by atoms with Gasteiger partial charge in [-0.25, -0.2) is 0 Å². The fraction of sp³-hybridized carbons (Fsp3) is 0.455. The molecule has 9 heteroatoms. The molecule has 0 amide bonds. The Labute approximate surface area is 207 Å². The number of ether oxygens (including phenoxy) is 2. The first kappa shape index (κ1) is 20.9. The molecule has 1 saturated heterocycles. The van der Waals surface area contributed by atoms with Crippen molar-refractivity contribution in [2.45, 2.75) is 41.8 Å². The molecule has 0 radical (unpaired) electrons. The van der Waals surface area contributed by atoms with Gasteiger partial charge in [0.15, 0.2) is 0 Å². The van der Waals surface area contributed by atoms with Gasteiger partial charge in [-0.05, 0) is 35.2 Å². The van der Waals surface area contributed by atoms with Gasteiger partial charge in [0, 0.05) is 20.7 Å². The lowest BCUT2D eigenvalue weighted by Gasteiger charge is -2.40. The number of hydrogen-bond acceptors (Lipinski definition) is 6. The van der Waals surface area contributed by atoms with Crippen molar-refractivity contribution in [1.29, 1.82) is 0 Å². The number of aliphatic hydroxyl groups is 4. The lowest BCUT2D eigenvalue weighted by Crippen LogP contribution is -2.55. The van der Waals surface area contributed by atoms with E-state index >= 15 is 0 Å². The van der Waals surface area contributed by atoms with Gasteiger partial charge < -0.3 is 29.9 Å². The van der Waals surface area contributed by atoms with E-state index in [1.165, 1.54) is 6.07 Å². The van der Waals surface area contributed by atoms with Gasteiger partial charge in [-0.15, -0.1) is 0 Å². The summed E-state index contributed by atoms with van der Waals surface area (Å²) in [6, 6.07) is 10.7. The molecule has 2 aromatic carbocycles. The zero-order valence-corrected chi connectivity index (χ0v) is 20.2. The Morgan fingerprint density at radius 3 is 2.48 bits per heavy atom. The normalized spacial score (nSPS) is 29.0. The van der Waals surface area contributed by atoms with Crippen LogP contribution in [0.4, 0.5) is 0 Å². The standard InChI is InChI=1S/C22H25Br2ClO6/c1-30-17-8-16(25)13(6-11-2-4-12(5-3-11)15(24)9-23)7-14(17)22-21(29)20(28)19(27)18(10-26)31-22/h2-5,7-8,15,18-22,26-29H,6,9-10H2,1H3/t15?,18-,19-,20+,21-,22+/m1/s1/i1D3. The van der Waals surface area contributed by atoms with Crippen LogP contribution >= 0.6 is 43.5 Å². The van der Waals surface area contributed by atoms with Crippen molar-refractivity contribution in [2.24, 2.45) is 0 Å². The molecule has 6 atom stereocenters. The summed E-state index contributed by atoms with van der Waals surface area (Å²) >= 11 is 13.5. The first-order chi connectivity index (χ1) is 15.9. The summed E-state index contributed by atoms with van der Waals surface area (Å²) in [6.07, 6.45) is -6.84. The van der Waals surface area contributed by atoms with Crippen LogP contribution in [-0.2, 0) is 11.2 Å². The molecule has 1 fully saturated rings. The fourth-order valence-electron chi connectivity index (χ4n) is 3.58. The molecule has 3 rings (SSSR count). The minimum Gasteiger partial charge on any atom is -0.496 e. The van der Waals surface area contributed by atoms with E-state index in [1.807, 2.05) is 24.3 Å². The van der Waals surface area contributed by atoms with Crippen molar-refractivity contribution in [3.8, 4) is 5.75 Å². The van der Waals surface area contributed by atoms with Gasteiger partial charge in [0.2, 0.25) is 0 Å². The van der Waals surface area contributed by atoms with Crippen LogP contribution in [-0.4, -0.2) is 63.8 Å². The lowest BCUT2D eigenvalue weighted by atomic mass is 9.89. The summed E-state index contributed by atoms with van der Waals surface area (Å²) in [5, 5.41) is 41.5. The molecule has 0 bridgehead atoms. The van der Waals surface area contributed by atoms with E-state index in [9.17, 15) is 20.4 Å². The summed E-state index contributed by atoms with van der Waals surface area (Å²) in [6.45, 7) is -0.618. The van der Waals surface area contributed by atoms with Crippen LogP contribution in [0.25, 0.3) is 0 Å². The van der Waals surface area contributed by atoms with E-state index in [4.69, 9.17) is 25.2 Å². The van der Waals surface area contributed by atoms with E-state index in [0.717, 1.165) is 16.5 Å². The van der Waals surface area contributed by atoms with Crippen molar-refractivity contribution in [3.05, 3.63) is 63.7 Å². The van der Waals surface area contributed by atoms with E-state index in [2.05, 4.69) is 31.9 Å². The third kappa shape index (κ3) is 5.45. The highest BCUT2D eigenvalue weighted by Gasteiger charge is 2.45. The molecule has 170 valence electrons. The molecule has 0 saturated carbocycles. The molecular formula is C22H25Br2ClO6. The van der Waals surface area contributed by atoms with Crippen LogP contribution in [0.1, 0.15) is 37.3 Å². The average molecular weight is 584 g/mol. The second-order valence-corrected chi connectivity index (χ2v) is 9.53. The summed E-state index contributed by atoms with van der Waals surface area (Å²) in [4.78, 5) is 0.166. The molecule has 1 aliphatic rings. The minimum absolute atomic E-state index is 0.129. The number of benzene rings is 2. The number of aliphatic hydroxyl groups excluding tert-OH is 4. The summed E-state index contributed by atoms with van der Waals surface area (Å²) < 4.78 is 33.2. The quantitative estimate of drug-likeness (QED) is 0.374. The zero-order chi connectivity index (χ0) is 25.2. The number of methoxy groups -OCH3 is 1. The second kappa shape index (κ2) is 10.9. The maximum atomic E-state index is 10.6. The average Bonchev–Trinajstić information content (AvgIpc) is 2.79. The van der Waals surface area contributed by atoms with Gasteiger partial charge in [0.05, 0.1) is 17.8 Å². The number of alkyl halides is 2. The molecule has 0 spiro atoms. The highest BCUT2D eigenvalue weighted by molar-refractivity contribution is 9.12. The second-order valence-electron chi connectivity index (χ2n) is 7.37. The maximum absolute atomic E-state index is 10.6. The number of rotatable bonds is 7. The summed E-state index contributed by atoms with van der Waals surface area (Å²) in [7, 11) is -2.81. The van der Waals surface area contributed by atoms with Crippen LogP contribution in [0.3, 0.4) is 0 Å². The van der Waals surface area contributed by atoms with Gasteiger partial charge in [-0.3, -0.25) is 0 Å². The van der Waals surface area contributed by atoms with Crippen LogP contribution in [0.2, 0.25) is 5.02 Å². The highest BCUT2D eigenvalue weighted by atomic mass is 79.9. The molecule has 1 heterocycles. The smallest absolute Gasteiger partial charge is 0.126 e. The van der Waals surface area contributed by atoms with E-state index in [-0.39, 0.29) is 21.2 Å². The third-order valence-electron chi connectivity index (χ3n) is 5.36. The van der Waals surface area contributed by atoms with Crippen molar-refractivity contribution in [2.75, 3.05) is 19.0 Å². The molecule has 4 N–H and O–H groups in total. The summed E-state index contributed by atoms with van der Waals surface area (Å²) in [5.74, 6) is -0.159. The third-order valence-corrected chi connectivity index (χ3v) is 8.08. The fourth-order valence-corrected chi connectivity index (χ4v) is 4.48. The van der Waals surface area contributed by atoms with Gasteiger partial charge >= 0.3 is 0 Å². The summed E-state index contributed by atoms with van der Waals surface area (Å²) in [5.41, 5.74) is 2.76. The first-order valence-corrected chi connectivity index (χ1v) is 12.0. The van der Waals surface area contributed by atoms with E-state index in [1.54, 1.807) is 6.07 Å². The Morgan fingerprint density at radius 1 is 1.16 bits per heavy atom. The SMILES string of the molecule is [2H]C([2H])([2H])Oc1cc(Cl)c(Cc2ccc(C(Br)CBr)cc2)cc1[C@@H]1O[C@H](CO)[C@@H](O)[C@H](O)[C@H]1O. The van der Waals surface area contributed by atoms with Crippen LogP contribution in [0.15, 0.2) is 36.4 Å². The lowest BCUT2D eigenvalue weighted by molar-refractivity contribution is -0.232. The molecule has 1 aliphatic heterocycles. The monoisotopic (exact) mass is 581 g/mol. The van der Waals surface area contributed by atoms with Crippen molar-refractivity contribution < 1.29 is 34.0 Å². The van der Waals surface area contributed by atoms with Crippen LogP contribution < -0.4 is 4.74 Å². The van der Waals surface area contributed by atoms with Gasteiger partial charge in [-0.1, -0.05) is 67.7 Å². The molecule has 2 aromatic rings. The first-order valence-electron chi connectivity index (χ1n) is 11.1.